The van der Waals surface area contributed by atoms with Crippen molar-refractivity contribution >= 4 is 36.7 Å². The van der Waals surface area contributed by atoms with Crippen molar-refractivity contribution in [2.45, 2.75) is 96.6 Å². The Morgan fingerprint density at radius 3 is 1.95 bits per heavy atom. The first-order chi connectivity index (χ1) is 20.1. The number of pyridine rings is 1. The van der Waals surface area contributed by atoms with Gasteiger partial charge in [-0.1, -0.05) is 114 Å². The van der Waals surface area contributed by atoms with E-state index in [1.165, 1.54) is 11.1 Å². The highest BCUT2D eigenvalue weighted by atomic mass is 35.5. The molecule has 1 aliphatic rings. The minimum absolute atomic E-state index is 0.0437. The average molecular weight is 600 g/mol. The number of fused-ring (bicyclic) bond motifs is 1. The van der Waals surface area contributed by atoms with Gasteiger partial charge in [0.25, 0.3) is 0 Å². The highest BCUT2D eigenvalue weighted by Gasteiger charge is 2.46. The maximum atomic E-state index is 14.3. The molecule has 0 amide bonds. The third kappa shape index (κ3) is 5.76. The molecule has 1 unspecified atom stereocenters. The van der Waals surface area contributed by atoms with E-state index < -0.39 is 8.24 Å². The van der Waals surface area contributed by atoms with E-state index in [0.717, 1.165) is 43.4 Å². The molecule has 42 heavy (non-hydrogen) atoms. The van der Waals surface area contributed by atoms with Crippen LogP contribution in [0.25, 0.3) is 11.0 Å². The Balaban J connectivity index is 1.45. The van der Waals surface area contributed by atoms with Crippen molar-refractivity contribution in [2.24, 2.45) is 5.92 Å². The quantitative estimate of drug-likeness (QED) is 0.127. The molecule has 1 aliphatic carbocycles. The summed E-state index contributed by atoms with van der Waals surface area (Å²) in [5.74, 6) is 0.135. The highest BCUT2D eigenvalue weighted by Crippen LogP contribution is 2.45. The largest absolute Gasteiger partial charge is 0.359 e. The normalized spacial score (nSPS) is 17.8. The number of hydrogen-bond donors (Lipinski definition) is 0. The SMILES string of the molecule is CC(C)[Si](C(C)C)(C(C)C)n1ccc2c(C(=O)C3CC[C@H](N(Cc4ccccc4)Cc4ccccc4)C3)c(Cl)cnc21. The molecule has 222 valence electrons. The van der Waals surface area contributed by atoms with Crippen LogP contribution in [0.1, 0.15) is 82.3 Å². The lowest BCUT2D eigenvalue weighted by Gasteiger charge is -2.44. The van der Waals surface area contributed by atoms with Crippen molar-refractivity contribution in [1.29, 1.82) is 0 Å². The summed E-state index contributed by atoms with van der Waals surface area (Å²) in [5, 5.41) is 1.39. The van der Waals surface area contributed by atoms with E-state index in [9.17, 15) is 4.79 Å². The first-order valence-corrected chi connectivity index (χ1v) is 18.2. The van der Waals surface area contributed by atoms with Crippen LogP contribution in [-0.4, -0.2) is 34.2 Å². The maximum absolute atomic E-state index is 14.3. The fourth-order valence-corrected chi connectivity index (χ4v) is 14.9. The smallest absolute Gasteiger partial charge is 0.171 e. The molecule has 6 heteroatoms. The van der Waals surface area contributed by atoms with Crippen LogP contribution in [0, 0.1) is 5.92 Å². The number of nitrogens with zero attached hydrogens (tertiary/aromatic N) is 3. The van der Waals surface area contributed by atoms with Gasteiger partial charge in [0.05, 0.1) is 5.02 Å². The predicted molar refractivity (Wildman–Crippen MR) is 179 cm³/mol. The minimum Gasteiger partial charge on any atom is -0.359 e. The van der Waals surface area contributed by atoms with Crippen molar-refractivity contribution < 1.29 is 4.79 Å². The monoisotopic (exact) mass is 599 g/mol. The van der Waals surface area contributed by atoms with Gasteiger partial charge < -0.3 is 4.23 Å². The zero-order valence-electron chi connectivity index (χ0n) is 26.1. The molecule has 2 aromatic carbocycles. The first-order valence-electron chi connectivity index (χ1n) is 15.7. The highest BCUT2D eigenvalue weighted by molar-refractivity contribution is 6.82. The Kier molecular flexibility index (Phi) is 9.41. The summed E-state index contributed by atoms with van der Waals surface area (Å²) in [6.45, 7) is 15.9. The molecule has 0 aliphatic heterocycles. The minimum atomic E-state index is -2.03. The molecule has 4 aromatic rings. The van der Waals surface area contributed by atoms with E-state index >= 15 is 0 Å². The van der Waals surface area contributed by atoms with Crippen molar-refractivity contribution in [2.75, 3.05) is 0 Å². The second kappa shape index (κ2) is 12.9. The van der Waals surface area contributed by atoms with Gasteiger partial charge in [0.1, 0.15) is 5.65 Å². The van der Waals surface area contributed by atoms with Gasteiger partial charge in [-0.05, 0) is 59.3 Å². The van der Waals surface area contributed by atoms with Crippen molar-refractivity contribution in [3.8, 4) is 0 Å². The summed E-state index contributed by atoms with van der Waals surface area (Å²) < 4.78 is 2.48. The Bertz CT molecular complexity index is 1440. The lowest BCUT2D eigenvalue weighted by atomic mass is 9.94. The van der Waals surface area contributed by atoms with E-state index in [0.29, 0.717) is 33.3 Å². The molecule has 0 N–H and O–H groups in total. The summed E-state index contributed by atoms with van der Waals surface area (Å²) in [4.78, 5) is 21.7. The number of rotatable bonds is 11. The molecule has 0 spiro atoms. The summed E-state index contributed by atoms with van der Waals surface area (Å²) >= 11 is 6.81. The van der Waals surface area contributed by atoms with Crippen LogP contribution in [0.5, 0.6) is 0 Å². The second-order valence-corrected chi connectivity index (χ2v) is 19.3. The third-order valence-corrected chi connectivity index (χ3v) is 16.9. The number of carbonyl (C=O) groups is 1. The standard InChI is InChI=1S/C36H46ClN3OSi/c1-25(2)42(26(3)4,27(5)6)40-20-19-32-34(33(37)22-38-36(32)40)35(41)30-17-18-31(21-30)39(23-28-13-9-7-10-14-28)24-29-15-11-8-12-16-29/h7-16,19-20,22,25-27,30-31H,17-18,21,23-24H2,1-6H3/t30?,31-/m0/s1. The van der Waals surface area contributed by atoms with Crippen molar-refractivity contribution in [3.63, 3.8) is 0 Å². The molecule has 1 fully saturated rings. The van der Waals surface area contributed by atoms with E-state index in [1.807, 2.05) is 0 Å². The summed E-state index contributed by atoms with van der Waals surface area (Å²) in [6, 6.07) is 23.8. The number of hydrogen-bond acceptors (Lipinski definition) is 3. The topological polar surface area (TPSA) is 38.1 Å². The van der Waals surface area contributed by atoms with Gasteiger partial charge in [-0.3, -0.25) is 9.69 Å². The van der Waals surface area contributed by atoms with E-state index in [4.69, 9.17) is 16.6 Å². The van der Waals surface area contributed by atoms with Crippen LogP contribution in [0.4, 0.5) is 0 Å². The number of aromatic nitrogens is 2. The van der Waals surface area contributed by atoms with Gasteiger partial charge in [-0.2, -0.15) is 0 Å². The molecule has 2 atom stereocenters. The van der Waals surface area contributed by atoms with E-state index in [2.05, 4.69) is 124 Å². The first kappa shape index (κ1) is 30.7. The number of benzene rings is 2. The molecule has 4 nitrogen and oxygen atoms in total. The molecule has 0 radical (unpaired) electrons. The fourth-order valence-electron chi connectivity index (χ4n) is 8.14. The zero-order chi connectivity index (χ0) is 30.0. The van der Waals surface area contributed by atoms with E-state index in [1.54, 1.807) is 6.20 Å². The van der Waals surface area contributed by atoms with Crippen LogP contribution in [0.3, 0.4) is 0 Å². The van der Waals surface area contributed by atoms with Gasteiger partial charge in [-0.25, -0.2) is 4.98 Å². The van der Waals surface area contributed by atoms with Crippen molar-refractivity contribution in [1.82, 2.24) is 14.1 Å². The second-order valence-electron chi connectivity index (χ2n) is 13.2. The Labute approximate surface area is 258 Å². The van der Waals surface area contributed by atoms with E-state index in [-0.39, 0.29) is 11.7 Å². The Hall–Kier alpha value is -2.73. The maximum Gasteiger partial charge on any atom is 0.171 e. The Morgan fingerprint density at radius 1 is 0.881 bits per heavy atom. The predicted octanol–water partition coefficient (Wildman–Crippen LogP) is 9.77. The van der Waals surface area contributed by atoms with Gasteiger partial charge in [-0.15, -0.1) is 0 Å². The fraction of sp³-hybridized carbons (Fsp3) is 0.444. The lowest BCUT2D eigenvalue weighted by molar-refractivity contribution is 0.0913. The molecule has 0 bridgehead atoms. The van der Waals surface area contributed by atoms with Crippen LogP contribution < -0.4 is 0 Å². The summed E-state index contributed by atoms with van der Waals surface area (Å²) in [5.41, 5.74) is 5.78. The van der Waals surface area contributed by atoms with Crippen LogP contribution in [0.15, 0.2) is 79.1 Å². The average Bonchev–Trinajstić information content (AvgIpc) is 3.62. The van der Waals surface area contributed by atoms with Gasteiger partial charge >= 0.3 is 0 Å². The number of ketones is 1. The third-order valence-electron chi connectivity index (χ3n) is 9.86. The summed E-state index contributed by atoms with van der Waals surface area (Å²) in [7, 11) is -2.03. The van der Waals surface area contributed by atoms with Crippen LogP contribution in [-0.2, 0) is 13.1 Å². The molecule has 2 heterocycles. The van der Waals surface area contributed by atoms with Gasteiger partial charge in [0.15, 0.2) is 14.0 Å². The van der Waals surface area contributed by atoms with Gasteiger partial charge in [0, 0.05) is 42.2 Å². The number of carbonyl (C=O) groups excluding carboxylic acids is 1. The van der Waals surface area contributed by atoms with Gasteiger partial charge in [0.2, 0.25) is 0 Å². The molecule has 5 rings (SSSR count). The lowest BCUT2D eigenvalue weighted by Crippen LogP contribution is -2.51. The molecular formula is C36H46ClN3OSi. The van der Waals surface area contributed by atoms with Crippen molar-refractivity contribution in [3.05, 3.63) is 101 Å². The molecule has 2 aromatic heterocycles. The summed E-state index contributed by atoms with van der Waals surface area (Å²) in [6.07, 6.45) is 6.66. The molecular weight excluding hydrogens is 554 g/mol. The van der Waals surface area contributed by atoms with Crippen LogP contribution in [0.2, 0.25) is 21.6 Å². The van der Waals surface area contributed by atoms with Crippen LogP contribution >= 0.6 is 11.6 Å². The molecule has 0 saturated heterocycles. The number of Topliss-reactive ketones (excluding diaryl/α,β-unsaturated/α-hetero) is 1. The molecule has 1 saturated carbocycles. The Morgan fingerprint density at radius 2 is 1.43 bits per heavy atom. The number of halogens is 1. The zero-order valence-corrected chi connectivity index (χ0v) is 27.8.